The number of rotatable bonds is 8. The molecule has 0 fully saturated rings. The van der Waals surface area contributed by atoms with Gasteiger partial charge in [0.05, 0.1) is 10.2 Å². The van der Waals surface area contributed by atoms with Gasteiger partial charge in [-0.2, -0.15) is 0 Å². The number of benzene rings is 2. The van der Waals surface area contributed by atoms with Crippen LogP contribution in [0.2, 0.25) is 10.0 Å². The molecule has 31 heavy (non-hydrogen) atoms. The number of para-hydroxylation sites is 1. The molecule has 1 aliphatic carbocycles. The molecule has 3 atom stereocenters. The molecule has 0 spiro atoms. The van der Waals surface area contributed by atoms with Crippen LogP contribution in [0.4, 0.5) is 0 Å². The zero-order valence-electron chi connectivity index (χ0n) is 16.5. The summed E-state index contributed by atoms with van der Waals surface area (Å²) in [5.74, 6) is 0.327. The smallest absolute Gasteiger partial charge is 0.247 e. The van der Waals surface area contributed by atoms with Crippen molar-refractivity contribution in [3.63, 3.8) is 0 Å². The third-order valence-corrected chi connectivity index (χ3v) is 6.39. The van der Waals surface area contributed by atoms with Crippen LogP contribution >= 0.6 is 45.8 Å². The van der Waals surface area contributed by atoms with E-state index in [0.29, 0.717) is 34.3 Å². The van der Waals surface area contributed by atoms with Crippen molar-refractivity contribution in [3.05, 3.63) is 73.3 Å². The van der Waals surface area contributed by atoms with Gasteiger partial charge in [0.25, 0.3) is 0 Å². The van der Waals surface area contributed by atoms with Gasteiger partial charge in [-0.05, 0) is 64.9 Å². The highest BCUT2D eigenvalue weighted by Gasteiger charge is 2.35. The third-order valence-electron chi connectivity index (χ3n) is 4.91. The summed E-state index contributed by atoms with van der Waals surface area (Å²) in [6.07, 6.45) is 0.331. The highest BCUT2D eigenvalue weighted by Crippen LogP contribution is 2.28. The molecule has 1 aliphatic rings. The molecule has 2 aromatic rings. The molecule has 0 aliphatic heterocycles. The molecule has 1 amide bonds. The summed E-state index contributed by atoms with van der Waals surface area (Å²) < 4.78 is 6.96. The fraction of sp³-hybridized carbons (Fsp3) is 0.318. The first kappa shape index (κ1) is 24.3. The number of carbonyl (C=O) groups excluding carboxylic acids is 1. The van der Waals surface area contributed by atoms with Gasteiger partial charge in [0.2, 0.25) is 5.91 Å². The van der Waals surface area contributed by atoms with Crippen LogP contribution in [0, 0.1) is 3.57 Å². The number of amides is 1. The largest absolute Gasteiger partial charge is 0.482 e. The topological polar surface area (TPSA) is 90.8 Å². The molecule has 0 saturated heterocycles. The van der Waals surface area contributed by atoms with Gasteiger partial charge in [0, 0.05) is 34.7 Å². The van der Waals surface area contributed by atoms with Crippen LogP contribution in [0.15, 0.2) is 54.1 Å². The van der Waals surface area contributed by atoms with E-state index in [2.05, 4.69) is 33.2 Å². The fourth-order valence-electron chi connectivity index (χ4n) is 3.29. The lowest BCUT2D eigenvalue weighted by Crippen LogP contribution is -2.51. The molecule has 3 unspecified atom stereocenters. The highest BCUT2D eigenvalue weighted by atomic mass is 127. The molecule has 4 N–H and O–H groups in total. The van der Waals surface area contributed by atoms with Crippen LogP contribution in [-0.2, 0) is 11.3 Å². The molecular formula is C22H23Cl2IN2O4. The van der Waals surface area contributed by atoms with Gasteiger partial charge in [-0.3, -0.25) is 4.79 Å². The maximum atomic E-state index is 12.5. The first-order valence-electron chi connectivity index (χ1n) is 9.75. The second-order valence-electron chi connectivity index (χ2n) is 7.10. The van der Waals surface area contributed by atoms with E-state index >= 15 is 0 Å². The van der Waals surface area contributed by atoms with Gasteiger partial charge in [-0.1, -0.05) is 41.4 Å². The average Bonchev–Trinajstić information content (AvgIpc) is 2.75. The zero-order valence-corrected chi connectivity index (χ0v) is 20.2. The predicted octanol–water partition coefficient (Wildman–Crippen LogP) is 3.30. The highest BCUT2D eigenvalue weighted by molar-refractivity contribution is 14.1. The van der Waals surface area contributed by atoms with Crippen LogP contribution in [0.1, 0.15) is 12.0 Å². The van der Waals surface area contributed by atoms with Crippen LogP contribution < -0.4 is 15.4 Å². The Hall–Kier alpha value is -1.36. The summed E-state index contributed by atoms with van der Waals surface area (Å²) >= 11 is 14.4. The minimum absolute atomic E-state index is 0.152. The van der Waals surface area contributed by atoms with Crippen LogP contribution in [-0.4, -0.2) is 47.5 Å². The monoisotopic (exact) mass is 576 g/mol. The van der Waals surface area contributed by atoms with Gasteiger partial charge >= 0.3 is 0 Å². The first-order valence-corrected chi connectivity index (χ1v) is 11.6. The summed E-state index contributed by atoms with van der Waals surface area (Å²) in [5.41, 5.74) is 1.31. The normalized spacial score (nSPS) is 20.8. The fourth-order valence-corrected chi connectivity index (χ4v) is 4.28. The Balaban J connectivity index is 1.79. The lowest BCUT2D eigenvalue weighted by molar-refractivity contribution is -0.118. The summed E-state index contributed by atoms with van der Waals surface area (Å²) in [6, 6.07) is 12.3. The lowest BCUT2D eigenvalue weighted by atomic mass is 9.89. The number of hydrogen-bond acceptors (Lipinski definition) is 5. The quantitative estimate of drug-likeness (QED) is 0.362. The summed E-state index contributed by atoms with van der Waals surface area (Å²) in [6.45, 7) is 0.388. The second-order valence-corrected chi connectivity index (χ2v) is 9.11. The average molecular weight is 577 g/mol. The Morgan fingerprint density at radius 3 is 2.71 bits per heavy atom. The van der Waals surface area contributed by atoms with E-state index in [-0.39, 0.29) is 19.1 Å². The van der Waals surface area contributed by atoms with Crippen molar-refractivity contribution in [1.82, 2.24) is 10.6 Å². The second kappa shape index (κ2) is 11.5. The van der Waals surface area contributed by atoms with E-state index in [1.165, 1.54) is 0 Å². The number of nitrogens with one attached hydrogen (secondary N) is 2. The Kier molecular flexibility index (Phi) is 9.00. The number of hydrogen-bond donors (Lipinski definition) is 4. The van der Waals surface area contributed by atoms with E-state index in [0.717, 1.165) is 9.13 Å². The maximum Gasteiger partial charge on any atom is 0.247 e. The van der Waals surface area contributed by atoms with E-state index in [1.54, 1.807) is 18.2 Å². The Labute approximate surface area is 204 Å². The Morgan fingerprint density at radius 1 is 1.23 bits per heavy atom. The van der Waals surface area contributed by atoms with E-state index < -0.39 is 18.2 Å². The number of aliphatic hydroxyl groups excluding tert-OH is 2. The molecule has 6 nitrogen and oxygen atoms in total. The molecule has 0 bridgehead atoms. The Morgan fingerprint density at radius 2 is 2.00 bits per heavy atom. The number of carbonyl (C=O) groups is 1. The van der Waals surface area contributed by atoms with E-state index in [1.807, 2.05) is 30.3 Å². The number of ether oxygens (including phenoxy) is 1. The number of halogens is 3. The van der Waals surface area contributed by atoms with Crippen molar-refractivity contribution in [2.24, 2.45) is 0 Å². The molecule has 9 heteroatoms. The minimum Gasteiger partial charge on any atom is -0.482 e. The summed E-state index contributed by atoms with van der Waals surface area (Å²) in [4.78, 5) is 12.5. The van der Waals surface area contributed by atoms with E-state index in [4.69, 9.17) is 33.0 Å². The molecule has 0 radical (unpaired) electrons. The number of aliphatic hydroxyl groups is 2. The molecule has 2 aromatic carbocycles. The summed E-state index contributed by atoms with van der Waals surface area (Å²) in [5, 5.41) is 27.0. The molecular weight excluding hydrogens is 554 g/mol. The van der Waals surface area contributed by atoms with Gasteiger partial charge in [-0.25, -0.2) is 0 Å². The molecule has 166 valence electrons. The molecule has 3 rings (SSSR count). The lowest BCUT2D eigenvalue weighted by Gasteiger charge is -2.34. The SMILES string of the molecule is O=C(NCCO)C1=CC(Oc2ccccc2I)C(O)C(NCc2ccc(Cl)cc2Cl)C1. The predicted molar refractivity (Wildman–Crippen MR) is 129 cm³/mol. The summed E-state index contributed by atoms with van der Waals surface area (Å²) in [7, 11) is 0. The molecule has 0 aromatic heterocycles. The van der Waals surface area contributed by atoms with Gasteiger partial charge in [0.1, 0.15) is 18.0 Å². The van der Waals surface area contributed by atoms with Crippen LogP contribution in [0.5, 0.6) is 5.75 Å². The third kappa shape index (κ3) is 6.57. The molecule has 0 heterocycles. The molecule has 0 saturated carbocycles. The standard InChI is InChI=1S/C22H23Cl2IN2O4/c23-15-6-5-13(16(24)11-15)12-27-18-9-14(22(30)26-7-8-28)10-20(21(18)29)31-19-4-2-1-3-17(19)25/h1-6,10-11,18,20-21,27-29H,7-9,12H2,(H,26,30). The van der Waals surface area contributed by atoms with Crippen molar-refractivity contribution in [1.29, 1.82) is 0 Å². The van der Waals surface area contributed by atoms with Crippen molar-refractivity contribution < 1.29 is 19.7 Å². The van der Waals surface area contributed by atoms with Gasteiger partial charge < -0.3 is 25.6 Å². The van der Waals surface area contributed by atoms with Crippen molar-refractivity contribution in [2.75, 3.05) is 13.2 Å². The van der Waals surface area contributed by atoms with Crippen molar-refractivity contribution in [3.8, 4) is 5.75 Å². The van der Waals surface area contributed by atoms with Crippen LogP contribution in [0.3, 0.4) is 0 Å². The zero-order chi connectivity index (χ0) is 22.4. The maximum absolute atomic E-state index is 12.5. The van der Waals surface area contributed by atoms with E-state index in [9.17, 15) is 9.90 Å². The first-order chi connectivity index (χ1) is 14.9. The van der Waals surface area contributed by atoms with Gasteiger partial charge in [0.15, 0.2) is 0 Å². The van der Waals surface area contributed by atoms with Crippen LogP contribution in [0.25, 0.3) is 0 Å². The van der Waals surface area contributed by atoms with Crippen molar-refractivity contribution in [2.45, 2.75) is 31.2 Å². The minimum atomic E-state index is -0.892. The van der Waals surface area contributed by atoms with Crippen molar-refractivity contribution >= 4 is 51.7 Å². The Bertz CT molecular complexity index is 957. The van der Waals surface area contributed by atoms with Gasteiger partial charge in [-0.15, -0.1) is 0 Å².